The van der Waals surface area contributed by atoms with Gasteiger partial charge in [-0.25, -0.2) is 0 Å². The Morgan fingerprint density at radius 1 is 0.815 bits per heavy atom. The van der Waals surface area contributed by atoms with Gasteiger partial charge < -0.3 is 0 Å². The van der Waals surface area contributed by atoms with Crippen LogP contribution >= 0.6 is 23.2 Å². The SMILES string of the molecule is C#C.C/C=C(\C)c1ccc(C(Cl)(c2ccccc2)c2ccccc2Cl)cc1. The highest BCUT2D eigenvalue weighted by atomic mass is 35.5. The smallest absolute Gasteiger partial charge is 0.121 e. The van der Waals surface area contributed by atoms with Crippen LogP contribution in [-0.4, -0.2) is 0 Å². The van der Waals surface area contributed by atoms with Crippen molar-refractivity contribution in [1.29, 1.82) is 0 Å². The molecule has 0 aliphatic carbocycles. The van der Waals surface area contributed by atoms with Gasteiger partial charge >= 0.3 is 0 Å². The van der Waals surface area contributed by atoms with Gasteiger partial charge in [0.2, 0.25) is 0 Å². The fraction of sp³-hybridized carbons (Fsp3) is 0.120. The average Bonchev–Trinajstić information content (AvgIpc) is 2.75. The fourth-order valence-electron chi connectivity index (χ4n) is 3.02. The Balaban J connectivity index is 0.00000126. The molecular formula is C25H22Cl2. The van der Waals surface area contributed by atoms with E-state index in [0.717, 1.165) is 16.7 Å². The zero-order valence-corrected chi connectivity index (χ0v) is 17.0. The molecule has 0 aliphatic heterocycles. The Hall–Kier alpha value is -2.46. The lowest BCUT2D eigenvalue weighted by molar-refractivity contribution is 0.879. The first-order valence-corrected chi connectivity index (χ1v) is 9.39. The van der Waals surface area contributed by atoms with Crippen molar-refractivity contribution in [2.45, 2.75) is 18.7 Å². The van der Waals surface area contributed by atoms with Crippen molar-refractivity contribution in [1.82, 2.24) is 0 Å². The minimum Gasteiger partial charge on any atom is -0.124 e. The molecular weight excluding hydrogens is 371 g/mol. The van der Waals surface area contributed by atoms with Crippen LogP contribution in [0.5, 0.6) is 0 Å². The molecule has 1 unspecified atom stereocenters. The van der Waals surface area contributed by atoms with E-state index in [1.54, 1.807) is 0 Å². The van der Waals surface area contributed by atoms with Crippen LogP contribution in [0.1, 0.15) is 36.1 Å². The first-order chi connectivity index (χ1) is 13.1. The molecule has 0 N–H and O–H groups in total. The number of alkyl halides is 1. The first-order valence-electron chi connectivity index (χ1n) is 8.64. The number of allylic oxidation sites excluding steroid dienone is 2. The molecule has 0 spiro atoms. The highest BCUT2D eigenvalue weighted by Gasteiger charge is 2.35. The summed E-state index contributed by atoms with van der Waals surface area (Å²) in [7, 11) is 0. The molecule has 136 valence electrons. The minimum atomic E-state index is -0.831. The highest BCUT2D eigenvalue weighted by molar-refractivity contribution is 6.34. The van der Waals surface area contributed by atoms with Gasteiger partial charge in [0, 0.05) is 10.6 Å². The van der Waals surface area contributed by atoms with E-state index in [1.807, 2.05) is 61.5 Å². The summed E-state index contributed by atoms with van der Waals surface area (Å²) in [4.78, 5) is -0.831. The maximum atomic E-state index is 7.29. The Bertz CT molecular complexity index is 921. The molecule has 3 aromatic carbocycles. The van der Waals surface area contributed by atoms with E-state index in [9.17, 15) is 0 Å². The molecule has 3 aromatic rings. The van der Waals surface area contributed by atoms with Crippen molar-refractivity contribution in [3.8, 4) is 12.8 Å². The second-order valence-corrected chi connectivity index (χ2v) is 7.03. The lowest BCUT2D eigenvalue weighted by atomic mass is 9.83. The highest BCUT2D eigenvalue weighted by Crippen LogP contribution is 2.45. The number of hydrogen-bond donors (Lipinski definition) is 0. The quantitative estimate of drug-likeness (QED) is 0.244. The van der Waals surface area contributed by atoms with Gasteiger partial charge in [0.15, 0.2) is 0 Å². The summed E-state index contributed by atoms with van der Waals surface area (Å²) < 4.78 is 0. The van der Waals surface area contributed by atoms with Crippen LogP contribution in [0.3, 0.4) is 0 Å². The summed E-state index contributed by atoms with van der Waals surface area (Å²) in [5, 5.41) is 0.662. The predicted molar refractivity (Wildman–Crippen MR) is 119 cm³/mol. The summed E-state index contributed by atoms with van der Waals surface area (Å²) in [5.74, 6) is 0. The van der Waals surface area contributed by atoms with Gasteiger partial charge in [-0.2, -0.15) is 0 Å². The van der Waals surface area contributed by atoms with Crippen LogP contribution in [0, 0.1) is 12.8 Å². The number of halogens is 2. The van der Waals surface area contributed by atoms with E-state index in [0.29, 0.717) is 5.02 Å². The molecule has 3 rings (SSSR count). The van der Waals surface area contributed by atoms with Gasteiger partial charge in [0.05, 0.1) is 0 Å². The summed E-state index contributed by atoms with van der Waals surface area (Å²) in [6.07, 6.45) is 10.1. The molecule has 0 aromatic heterocycles. The topological polar surface area (TPSA) is 0 Å². The van der Waals surface area contributed by atoms with E-state index in [2.05, 4.69) is 50.1 Å². The lowest BCUT2D eigenvalue weighted by Crippen LogP contribution is -2.22. The van der Waals surface area contributed by atoms with E-state index < -0.39 is 4.87 Å². The van der Waals surface area contributed by atoms with Gasteiger partial charge in [-0.05, 0) is 42.2 Å². The summed E-state index contributed by atoms with van der Waals surface area (Å²) in [6.45, 7) is 4.15. The van der Waals surface area contributed by atoms with E-state index >= 15 is 0 Å². The van der Waals surface area contributed by atoms with Crippen molar-refractivity contribution < 1.29 is 0 Å². The number of terminal acetylenes is 1. The zero-order valence-electron chi connectivity index (χ0n) is 15.5. The summed E-state index contributed by atoms with van der Waals surface area (Å²) >= 11 is 13.8. The second-order valence-electron chi connectivity index (χ2n) is 6.05. The Morgan fingerprint density at radius 2 is 1.33 bits per heavy atom. The predicted octanol–water partition coefficient (Wildman–Crippen LogP) is 7.54. The minimum absolute atomic E-state index is 0.662. The first kappa shape index (κ1) is 20.8. The number of rotatable bonds is 4. The molecule has 1 atom stereocenters. The summed E-state index contributed by atoms with van der Waals surface area (Å²) in [5.41, 5.74) is 5.32. The second kappa shape index (κ2) is 9.47. The van der Waals surface area contributed by atoms with Crippen molar-refractivity contribution in [2.75, 3.05) is 0 Å². The molecule has 0 heterocycles. The maximum Gasteiger partial charge on any atom is 0.121 e. The molecule has 0 saturated heterocycles. The standard InChI is InChI=1S/C23H20Cl2.C2H2/c1-3-17(2)18-13-15-20(16-14-18)23(25,19-9-5-4-6-10-19)21-11-7-8-12-22(21)24;1-2/h3-16H,1-2H3;1-2H/b17-3+;. The van der Waals surface area contributed by atoms with E-state index in [-0.39, 0.29) is 0 Å². The van der Waals surface area contributed by atoms with Crippen LogP contribution in [0.2, 0.25) is 5.02 Å². The van der Waals surface area contributed by atoms with Gasteiger partial charge in [0.25, 0.3) is 0 Å². The van der Waals surface area contributed by atoms with Crippen molar-refractivity contribution >= 4 is 28.8 Å². The average molecular weight is 393 g/mol. The molecule has 0 nitrogen and oxygen atoms in total. The third-order valence-electron chi connectivity index (χ3n) is 4.59. The Labute approximate surface area is 172 Å². The Morgan fingerprint density at radius 3 is 1.89 bits per heavy atom. The van der Waals surface area contributed by atoms with Gasteiger partial charge in [-0.3, -0.25) is 0 Å². The van der Waals surface area contributed by atoms with Crippen molar-refractivity contribution in [2.24, 2.45) is 0 Å². The third kappa shape index (κ3) is 4.28. The maximum absolute atomic E-state index is 7.29. The molecule has 2 heteroatoms. The molecule has 0 radical (unpaired) electrons. The number of benzene rings is 3. The normalized spacial score (nSPS) is 13.2. The molecule has 0 saturated carbocycles. The molecule has 0 aliphatic rings. The van der Waals surface area contributed by atoms with Crippen LogP contribution < -0.4 is 0 Å². The monoisotopic (exact) mass is 392 g/mol. The fourth-order valence-corrected chi connectivity index (χ4v) is 3.76. The van der Waals surface area contributed by atoms with Crippen LogP contribution in [0.4, 0.5) is 0 Å². The lowest BCUT2D eigenvalue weighted by Gasteiger charge is -2.30. The van der Waals surface area contributed by atoms with Gasteiger partial charge in [-0.15, -0.1) is 24.4 Å². The van der Waals surface area contributed by atoms with Crippen molar-refractivity contribution in [3.63, 3.8) is 0 Å². The van der Waals surface area contributed by atoms with E-state index in [1.165, 1.54) is 11.1 Å². The number of hydrogen-bond acceptors (Lipinski definition) is 0. The Kier molecular flexibility index (Phi) is 7.31. The third-order valence-corrected chi connectivity index (χ3v) is 5.56. The molecule has 0 fully saturated rings. The van der Waals surface area contributed by atoms with Crippen LogP contribution in [0.15, 0.2) is 84.9 Å². The molecule has 0 amide bonds. The van der Waals surface area contributed by atoms with Gasteiger partial charge in [0.1, 0.15) is 4.87 Å². The largest absolute Gasteiger partial charge is 0.124 e. The van der Waals surface area contributed by atoms with Crippen LogP contribution in [-0.2, 0) is 4.87 Å². The van der Waals surface area contributed by atoms with E-state index in [4.69, 9.17) is 23.2 Å². The van der Waals surface area contributed by atoms with Crippen LogP contribution in [0.25, 0.3) is 5.57 Å². The van der Waals surface area contributed by atoms with Crippen molar-refractivity contribution in [3.05, 3.63) is 112 Å². The van der Waals surface area contributed by atoms with Gasteiger partial charge in [-0.1, -0.05) is 90.5 Å². The molecule has 27 heavy (non-hydrogen) atoms. The summed E-state index contributed by atoms with van der Waals surface area (Å²) in [6, 6.07) is 26.3. The molecule has 0 bridgehead atoms. The zero-order chi connectivity index (χ0) is 19.9.